The maximum Gasteiger partial charge on any atom is 0.151 e. The minimum Gasteiger partial charge on any atom is -0.300 e. The molecule has 3 nitrogen and oxygen atoms in total. The Morgan fingerprint density at radius 3 is 2.67 bits per heavy atom. The summed E-state index contributed by atoms with van der Waals surface area (Å²) in [6.45, 7) is 5.84. The van der Waals surface area contributed by atoms with Gasteiger partial charge in [-0.2, -0.15) is 0 Å². The van der Waals surface area contributed by atoms with Gasteiger partial charge in [0.05, 0.1) is 11.5 Å². The van der Waals surface area contributed by atoms with E-state index in [9.17, 15) is 8.42 Å². The molecule has 4 heteroatoms. The van der Waals surface area contributed by atoms with E-state index < -0.39 is 9.84 Å². The molecule has 1 atom stereocenters. The molecule has 0 radical (unpaired) electrons. The Morgan fingerprint density at radius 1 is 1.42 bits per heavy atom. The van der Waals surface area contributed by atoms with Crippen molar-refractivity contribution in [1.29, 1.82) is 0 Å². The Kier molecular flexibility index (Phi) is 3.12. The van der Waals surface area contributed by atoms with E-state index in [0.717, 1.165) is 13.0 Å². The molecule has 0 aromatic carbocycles. The van der Waals surface area contributed by atoms with Gasteiger partial charge in [0.25, 0.3) is 0 Å². The molecule has 1 aliphatic rings. The third-order valence-electron chi connectivity index (χ3n) is 2.57. The van der Waals surface area contributed by atoms with Crippen molar-refractivity contribution in [2.75, 3.05) is 24.6 Å². The first-order valence-electron chi connectivity index (χ1n) is 4.49. The molecule has 0 N–H and O–H groups in total. The predicted molar refractivity (Wildman–Crippen MR) is 50.0 cm³/mol. The van der Waals surface area contributed by atoms with Crippen molar-refractivity contribution >= 4 is 9.84 Å². The lowest BCUT2D eigenvalue weighted by Crippen LogP contribution is -2.33. The van der Waals surface area contributed by atoms with E-state index in [4.69, 9.17) is 0 Å². The van der Waals surface area contributed by atoms with Crippen LogP contribution in [0.4, 0.5) is 0 Å². The molecule has 1 rings (SSSR count). The van der Waals surface area contributed by atoms with Crippen molar-refractivity contribution in [1.82, 2.24) is 4.90 Å². The smallest absolute Gasteiger partial charge is 0.151 e. The maximum atomic E-state index is 11.3. The van der Waals surface area contributed by atoms with Crippen LogP contribution in [-0.4, -0.2) is 44.0 Å². The van der Waals surface area contributed by atoms with E-state index in [0.29, 0.717) is 24.1 Å². The first-order valence-corrected chi connectivity index (χ1v) is 6.32. The zero-order valence-corrected chi connectivity index (χ0v) is 8.60. The van der Waals surface area contributed by atoms with E-state index in [1.165, 1.54) is 0 Å². The van der Waals surface area contributed by atoms with Gasteiger partial charge < -0.3 is 0 Å². The fourth-order valence-electron chi connectivity index (χ4n) is 1.58. The normalized spacial score (nSPS) is 31.3. The molecule has 1 aliphatic heterocycles. The van der Waals surface area contributed by atoms with Gasteiger partial charge in [0.15, 0.2) is 9.84 Å². The molecule has 0 spiro atoms. The molecule has 0 bridgehead atoms. The summed E-state index contributed by atoms with van der Waals surface area (Å²) in [5.41, 5.74) is 0. The van der Waals surface area contributed by atoms with E-state index >= 15 is 0 Å². The SMILES string of the molecule is CCN1CCS(=O)(=O)CCC1C. The van der Waals surface area contributed by atoms with E-state index in [2.05, 4.69) is 18.7 Å². The average Bonchev–Trinajstić information content (AvgIpc) is 2.13. The van der Waals surface area contributed by atoms with Gasteiger partial charge in [-0.15, -0.1) is 0 Å². The monoisotopic (exact) mass is 191 g/mol. The first-order chi connectivity index (χ1) is 5.55. The molecule has 0 amide bonds. The minimum absolute atomic E-state index is 0.338. The second-order valence-corrected chi connectivity index (χ2v) is 5.72. The summed E-state index contributed by atoms with van der Waals surface area (Å²) in [6.07, 6.45) is 0.788. The van der Waals surface area contributed by atoms with Crippen LogP contribution in [0.25, 0.3) is 0 Å². The standard InChI is InChI=1S/C8H17NO2S/c1-3-9-5-7-12(10,11)6-4-8(9)2/h8H,3-7H2,1-2H3. The average molecular weight is 191 g/mol. The number of hydrogen-bond acceptors (Lipinski definition) is 3. The predicted octanol–water partition coefficient (Wildman–Crippen LogP) is 0.515. The van der Waals surface area contributed by atoms with E-state index in [1.54, 1.807) is 0 Å². The number of nitrogens with zero attached hydrogens (tertiary/aromatic N) is 1. The van der Waals surface area contributed by atoms with Gasteiger partial charge in [-0.25, -0.2) is 8.42 Å². The molecule has 12 heavy (non-hydrogen) atoms. The van der Waals surface area contributed by atoms with Gasteiger partial charge in [0, 0.05) is 12.6 Å². The number of rotatable bonds is 1. The second-order valence-electron chi connectivity index (χ2n) is 3.42. The zero-order valence-electron chi connectivity index (χ0n) is 7.78. The van der Waals surface area contributed by atoms with Crippen molar-refractivity contribution in [3.05, 3.63) is 0 Å². The number of sulfone groups is 1. The Bertz CT molecular complexity index is 235. The highest BCUT2D eigenvalue weighted by atomic mass is 32.2. The molecule has 1 heterocycles. The van der Waals surface area contributed by atoms with Gasteiger partial charge in [-0.1, -0.05) is 6.92 Å². The second kappa shape index (κ2) is 3.75. The molecule has 1 fully saturated rings. The van der Waals surface area contributed by atoms with Crippen LogP contribution in [0.3, 0.4) is 0 Å². The Labute approximate surface area is 74.7 Å². The van der Waals surface area contributed by atoms with Crippen LogP contribution in [0.15, 0.2) is 0 Å². The quantitative estimate of drug-likeness (QED) is 0.606. The third-order valence-corrected chi connectivity index (χ3v) is 4.23. The van der Waals surface area contributed by atoms with Crippen LogP contribution >= 0.6 is 0 Å². The maximum absolute atomic E-state index is 11.3. The Morgan fingerprint density at radius 2 is 2.08 bits per heavy atom. The van der Waals surface area contributed by atoms with Gasteiger partial charge in [-0.05, 0) is 19.9 Å². The summed E-state index contributed by atoms with van der Waals surface area (Å²) >= 11 is 0. The summed E-state index contributed by atoms with van der Waals surface area (Å²) in [6, 6.07) is 0.423. The fourth-order valence-corrected chi connectivity index (χ4v) is 3.00. The van der Waals surface area contributed by atoms with Crippen LogP contribution in [-0.2, 0) is 9.84 Å². The van der Waals surface area contributed by atoms with Gasteiger partial charge in [0.1, 0.15) is 0 Å². The Hall–Kier alpha value is -0.0900. The van der Waals surface area contributed by atoms with Gasteiger partial charge in [0.2, 0.25) is 0 Å². The largest absolute Gasteiger partial charge is 0.300 e. The molecule has 0 saturated carbocycles. The lowest BCUT2D eigenvalue weighted by atomic mass is 10.2. The van der Waals surface area contributed by atoms with Gasteiger partial charge >= 0.3 is 0 Å². The lowest BCUT2D eigenvalue weighted by Gasteiger charge is -2.23. The molecular formula is C8H17NO2S. The van der Waals surface area contributed by atoms with Crippen LogP contribution in [0.1, 0.15) is 20.3 Å². The Balaban J connectivity index is 2.65. The van der Waals surface area contributed by atoms with E-state index in [-0.39, 0.29) is 0 Å². The molecule has 0 aromatic rings. The summed E-state index contributed by atoms with van der Waals surface area (Å²) in [5, 5.41) is 0. The molecular weight excluding hydrogens is 174 g/mol. The molecule has 0 aliphatic carbocycles. The van der Waals surface area contributed by atoms with Crippen LogP contribution in [0.5, 0.6) is 0 Å². The van der Waals surface area contributed by atoms with Gasteiger partial charge in [-0.3, -0.25) is 4.90 Å². The summed E-state index contributed by atoms with van der Waals surface area (Å²) in [5.74, 6) is 0.704. The lowest BCUT2D eigenvalue weighted by molar-refractivity contribution is 0.233. The third kappa shape index (κ3) is 2.45. The van der Waals surface area contributed by atoms with Crippen molar-refractivity contribution in [3.63, 3.8) is 0 Å². The van der Waals surface area contributed by atoms with Crippen LogP contribution < -0.4 is 0 Å². The van der Waals surface area contributed by atoms with E-state index in [1.807, 2.05) is 0 Å². The molecule has 1 saturated heterocycles. The van der Waals surface area contributed by atoms with Crippen molar-refractivity contribution in [2.24, 2.45) is 0 Å². The minimum atomic E-state index is -2.74. The summed E-state index contributed by atoms with van der Waals surface area (Å²) in [7, 11) is -2.74. The van der Waals surface area contributed by atoms with Crippen molar-refractivity contribution < 1.29 is 8.42 Å². The van der Waals surface area contributed by atoms with Crippen LogP contribution in [0, 0.1) is 0 Å². The van der Waals surface area contributed by atoms with Crippen molar-refractivity contribution in [2.45, 2.75) is 26.3 Å². The van der Waals surface area contributed by atoms with Crippen molar-refractivity contribution in [3.8, 4) is 0 Å². The highest BCUT2D eigenvalue weighted by Crippen LogP contribution is 2.11. The molecule has 0 aromatic heterocycles. The fraction of sp³-hybridized carbons (Fsp3) is 1.00. The molecule has 72 valence electrons. The highest BCUT2D eigenvalue weighted by Gasteiger charge is 2.22. The van der Waals surface area contributed by atoms with Crippen LogP contribution in [0.2, 0.25) is 0 Å². The molecule has 1 unspecified atom stereocenters. The first kappa shape index (κ1) is 9.99. The zero-order chi connectivity index (χ0) is 9.19. The highest BCUT2D eigenvalue weighted by molar-refractivity contribution is 7.91. The topological polar surface area (TPSA) is 37.4 Å². The number of hydrogen-bond donors (Lipinski definition) is 0. The summed E-state index contributed by atoms with van der Waals surface area (Å²) < 4.78 is 22.5. The summed E-state index contributed by atoms with van der Waals surface area (Å²) in [4.78, 5) is 2.23.